The van der Waals surface area contributed by atoms with E-state index in [1.54, 1.807) is 99.6 Å². The number of nitriles is 1. The van der Waals surface area contributed by atoms with Gasteiger partial charge in [-0.05, 0) is 73.2 Å². The normalized spacial score (nSPS) is 16.8. The highest BCUT2D eigenvalue weighted by molar-refractivity contribution is 7.89. The Morgan fingerprint density at radius 3 is 2.52 bits per heavy atom. The molecule has 0 radical (unpaired) electrons. The first-order valence-corrected chi connectivity index (χ1v) is 14.4. The highest BCUT2D eigenvalue weighted by Crippen LogP contribution is 2.31. The lowest BCUT2D eigenvalue weighted by molar-refractivity contribution is -0.140. The Hall–Kier alpha value is -4.90. The molecule has 0 spiro atoms. The molecule has 3 aromatic carbocycles. The molecule has 12 nitrogen and oxygen atoms in total. The van der Waals surface area contributed by atoms with Crippen molar-refractivity contribution in [1.29, 1.82) is 5.26 Å². The van der Waals surface area contributed by atoms with Gasteiger partial charge >= 0.3 is 0 Å². The molecule has 0 aliphatic carbocycles. The summed E-state index contributed by atoms with van der Waals surface area (Å²) in [6, 6.07) is 22.6. The number of tetrazole rings is 1. The van der Waals surface area contributed by atoms with E-state index >= 15 is 0 Å². The third kappa shape index (κ3) is 6.21. The summed E-state index contributed by atoms with van der Waals surface area (Å²) in [4.78, 5) is 19.7. The van der Waals surface area contributed by atoms with Gasteiger partial charge < -0.3 is 5.32 Å². The van der Waals surface area contributed by atoms with E-state index in [-0.39, 0.29) is 11.4 Å². The van der Waals surface area contributed by atoms with Crippen LogP contribution in [0.4, 0.5) is 5.69 Å². The van der Waals surface area contributed by atoms with Crippen molar-refractivity contribution in [3.8, 4) is 17.2 Å². The van der Waals surface area contributed by atoms with Crippen LogP contribution in [0.2, 0.25) is 0 Å². The number of carbonyl (C=O) groups excluding carboxylic acids is 1. The minimum absolute atomic E-state index is 0.0373. The fourth-order valence-corrected chi connectivity index (χ4v) is 6.11. The van der Waals surface area contributed by atoms with E-state index in [2.05, 4.69) is 37.1 Å². The van der Waals surface area contributed by atoms with Gasteiger partial charge in [-0.3, -0.25) is 15.1 Å². The first-order chi connectivity index (χ1) is 20.0. The molecule has 13 heteroatoms. The zero-order valence-corrected chi connectivity index (χ0v) is 23.9. The first kappa shape index (κ1) is 28.6. The average Bonchev–Trinajstić information content (AvgIpc) is 3.63. The predicted molar refractivity (Wildman–Crippen MR) is 154 cm³/mol. The number of nitrogens with one attached hydrogen (secondary N) is 3. The molecule has 1 amide bonds. The number of sulfonamides is 1. The Morgan fingerprint density at radius 2 is 1.83 bits per heavy atom. The molecule has 0 fully saturated rings. The van der Waals surface area contributed by atoms with Crippen LogP contribution >= 0.6 is 0 Å². The third-order valence-corrected chi connectivity index (χ3v) is 8.08. The number of hydroxylamine groups is 1. The van der Waals surface area contributed by atoms with E-state index in [9.17, 15) is 18.5 Å². The van der Waals surface area contributed by atoms with Crippen molar-refractivity contribution in [2.75, 3.05) is 5.32 Å². The van der Waals surface area contributed by atoms with Crippen LogP contribution in [0, 0.1) is 11.3 Å². The Labute approximate surface area is 243 Å². The van der Waals surface area contributed by atoms with Crippen LogP contribution in [-0.2, 0) is 26.2 Å². The van der Waals surface area contributed by atoms with Gasteiger partial charge in [-0.1, -0.05) is 42.5 Å². The third-order valence-electron chi connectivity index (χ3n) is 6.27. The van der Waals surface area contributed by atoms with Crippen molar-refractivity contribution in [2.24, 2.45) is 0 Å². The summed E-state index contributed by atoms with van der Waals surface area (Å²) in [6.45, 7) is 5.30. The van der Waals surface area contributed by atoms with Crippen LogP contribution in [-0.4, -0.2) is 45.7 Å². The molecule has 42 heavy (non-hydrogen) atoms. The van der Waals surface area contributed by atoms with Crippen LogP contribution in [0.3, 0.4) is 0 Å². The molecule has 0 saturated carbocycles. The Bertz CT molecular complexity index is 1790. The highest BCUT2D eigenvalue weighted by atomic mass is 32.2. The summed E-state index contributed by atoms with van der Waals surface area (Å²) in [7, 11) is -3.79. The molecule has 1 aliphatic rings. The predicted octanol–water partition coefficient (Wildman–Crippen LogP) is 3.24. The lowest BCUT2D eigenvalue weighted by Gasteiger charge is -2.24. The maximum Gasteiger partial charge on any atom is 0.265 e. The number of rotatable bonds is 8. The Morgan fingerprint density at radius 1 is 1.07 bits per heavy atom. The summed E-state index contributed by atoms with van der Waals surface area (Å²) in [6.07, 6.45) is 2.99. The number of carbonyl (C=O) groups is 1. The van der Waals surface area contributed by atoms with Gasteiger partial charge in [0.2, 0.25) is 15.6 Å². The van der Waals surface area contributed by atoms with E-state index in [4.69, 9.17) is 4.84 Å². The van der Waals surface area contributed by atoms with Crippen LogP contribution in [0.1, 0.15) is 31.9 Å². The van der Waals surface area contributed by atoms with Crippen molar-refractivity contribution in [1.82, 2.24) is 30.4 Å². The van der Waals surface area contributed by atoms with E-state index in [1.807, 2.05) is 0 Å². The Balaban J connectivity index is 1.42. The molecular weight excluding hydrogens is 556 g/mol. The molecule has 4 aromatic rings. The van der Waals surface area contributed by atoms with Crippen molar-refractivity contribution >= 4 is 27.3 Å². The van der Waals surface area contributed by atoms with E-state index < -0.39 is 27.1 Å². The number of nitrogens with zero attached hydrogens (tertiary/aromatic N) is 5. The molecule has 0 bridgehead atoms. The minimum atomic E-state index is -3.79. The lowest BCUT2D eigenvalue weighted by atomic mass is 9.99. The first-order valence-electron chi connectivity index (χ1n) is 12.9. The zero-order valence-electron chi connectivity index (χ0n) is 23.1. The summed E-state index contributed by atoms with van der Waals surface area (Å²) in [5.74, 6) is -0.498. The summed E-state index contributed by atoms with van der Waals surface area (Å²) in [5.41, 5.74) is 3.90. The van der Waals surface area contributed by atoms with Gasteiger partial charge in [0.1, 0.15) is 6.33 Å². The summed E-state index contributed by atoms with van der Waals surface area (Å²) >= 11 is 0. The van der Waals surface area contributed by atoms with Crippen molar-refractivity contribution < 1.29 is 18.0 Å². The number of hydrogen-bond donors (Lipinski definition) is 3. The molecule has 1 aliphatic heterocycles. The second kappa shape index (κ2) is 11.2. The van der Waals surface area contributed by atoms with Crippen LogP contribution in [0.25, 0.3) is 16.8 Å². The van der Waals surface area contributed by atoms with Crippen molar-refractivity contribution in [2.45, 2.75) is 43.4 Å². The molecule has 5 rings (SSSR count). The zero-order chi connectivity index (χ0) is 30.0. The maximum absolute atomic E-state index is 13.7. The molecule has 1 unspecified atom stereocenters. The van der Waals surface area contributed by atoms with Gasteiger partial charge in [-0.2, -0.15) is 5.26 Å². The molecular formula is C29H28N8O4S. The highest BCUT2D eigenvalue weighted by Gasteiger charge is 2.44. The van der Waals surface area contributed by atoms with Crippen LogP contribution in [0.15, 0.2) is 90.1 Å². The van der Waals surface area contributed by atoms with Crippen LogP contribution in [0.5, 0.6) is 0 Å². The number of hydrogen-bond acceptors (Lipinski definition) is 9. The average molecular weight is 585 g/mol. The van der Waals surface area contributed by atoms with Gasteiger partial charge in [-0.15, -0.1) is 5.10 Å². The molecule has 214 valence electrons. The number of aromatic nitrogens is 4. The van der Waals surface area contributed by atoms with E-state index in [0.717, 1.165) is 0 Å². The number of benzene rings is 3. The molecule has 3 N–H and O–H groups in total. The Kier molecular flexibility index (Phi) is 7.61. The monoisotopic (exact) mass is 584 g/mol. The second-order valence-corrected chi connectivity index (χ2v) is 12.4. The van der Waals surface area contributed by atoms with Gasteiger partial charge in [0.15, 0.2) is 0 Å². The van der Waals surface area contributed by atoms with Gasteiger partial charge in [-0.25, -0.2) is 17.8 Å². The van der Waals surface area contributed by atoms with Crippen molar-refractivity contribution in [3.63, 3.8) is 0 Å². The number of anilines is 1. The van der Waals surface area contributed by atoms with Gasteiger partial charge in [0, 0.05) is 22.4 Å². The van der Waals surface area contributed by atoms with E-state index in [0.29, 0.717) is 33.6 Å². The largest absolute Gasteiger partial charge is 0.323 e. The summed E-state index contributed by atoms with van der Waals surface area (Å²) < 4.78 is 30.3. The summed E-state index contributed by atoms with van der Waals surface area (Å²) in [5, 5.41) is 23.3. The van der Waals surface area contributed by atoms with Gasteiger partial charge in [0.05, 0.1) is 28.8 Å². The minimum Gasteiger partial charge on any atom is -0.323 e. The molecule has 1 aromatic heterocycles. The number of amides is 1. The topological polar surface area (TPSA) is 164 Å². The van der Waals surface area contributed by atoms with Crippen molar-refractivity contribution in [3.05, 3.63) is 96.3 Å². The fourth-order valence-electron chi connectivity index (χ4n) is 4.46. The lowest BCUT2D eigenvalue weighted by Crippen LogP contribution is -2.46. The van der Waals surface area contributed by atoms with E-state index in [1.165, 1.54) is 11.0 Å². The fraction of sp³-hybridized carbons (Fsp3) is 0.207. The quantitative estimate of drug-likeness (QED) is 0.282. The SMILES string of the molecule is CC(C)(C)NS(=O)(=O)c1ccccc1-c1ccc(NC(=O)C2(Cn3cnnn3)C=C(c3cccc(C#N)c3)NO2)cc1. The second-order valence-electron chi connectivity index (χ2n) is 10.7. The molecule has 0 saturated heterocycles. The smallest absolute Gasteiger partial charge is 0.265 e. The van der Waals surface area contributed by atoms with Gasteiger partial charge in [0.25, 0.3) is 5.91 Å². The van der Waals surface area contributed by atoms with Crippen LogP contribution < -0.4 is 15.5 Å². The standard InChI is InChI=1S/C29H28N8O4S/c1-28(2,3)34-42(39,40)26-10-5-4-9-24(26)21-11-13-23(14-12-21)32-27(38)29(18-37-19-31-35-36-37)16-25(33-41-29)22-8-6-7-20(15-22)17-30/h4-16,19,33-34H,18H2,1-3H3,(H,32,38). The maximum atomic E-state index is 13.7. The molecule has 1 atom stereocenters. The molecule has 2 heterocycles.